The molecule has 2 atom stereocenters. The number of likely N-dealkylation sites (N-methyl/N-ethyl adjacent to an activating group) is 1. The molecule has 2 N–H and O–H groups in total. The van der Waals surface area contributed by atoms with Gasteiger partial charge in [-0.15, -0.1) is 0 Å². The van der Waals surface area contributed by atoms with E-state index in [0.717, 1.165) is 22.0 Å². The SMILES string of the molecule is CC1CN(C)CCCN1C(CN)c1ccc(Br)c(Br)c1. The summed E-state index contributed by atoms with van der Waals surface area (Å²) in [5, 5.41) is 0. The lowest BCUT2D eigenvalue weighted by molar-refractivity contribution is 0.146. The molecule has 2 unspecified atom stereocenters. The lowest BCUT2D eigenvalue weighted by Crippen LogP contribution is -2.42. The van der Waals surface area contributed by atoms with Crippen LogP contribution >= 0.6 is 31.9 Å². The summed E-state index contributed by atoms with van der Waals surface area (Å²) in [5.41, 5.74) is 7.38. The Morgan fingerprint density at radius 2 is 2.05 bits per heavy atom. The highest BCUT2D eigenvalue weighted by Crippen LogP contribution is 2.30. The standard InChI is InChI=1S/C15H23Br2N3/c1-11-10-19(2)6-3-7-20(11)15(9-18)12-4-5-13(16)14(17)8-12/h4-5,8,11,15H,3,6-7,9-10,18H2,1-2H3. The second-order valence-corrected chi connectivity index (χ2v) is 7.34. The third-order valence-corrected chi connectivity index (χ3v) is 5.93. The van der Waals surface area contributed by atoms with Crippen molar-refractivity contribution in [1.29, 1.82) is 0 Å². The highest BCUT2D eigenvalue weighted by atomic mass is 79.9. The number of halogens is 2. The van der Waals surface area contributed by atoms with Crippen LogP contribution in [0.15, 0.2) is 27.1 Å². The zero-order valence-corrected chi connectivity index (χ0v) is 15.3. The van der Waals surface area contributed by atoms with E-state index in [0.29, 0.717) is 18.6 Å². The maximum atomic E-state index is 6.09. The Morgan fingerprint density at radius 1 is 1.30 bits per heavy atom. The van der Waals surface area contributed by atoms with Crippen LogP contribution < -0.4 is 5.73 Å². The molecule has 0 saturated carbocycles. The molecule has 20 heavy (non-hydrogen) atoms. The van der Waals surface area contributed by atoms with Crippen molar-refractivity contribution >= 4 is 31.9 Å². The zero-order valence-electron chi connectivity index (χ0n) is 12.1. The van der Waals surface area contributed by atoms with Gasteiger partial charge in [0.15, 0.2) is 0 Å². The third kappa shape index (κ3) is 3.83. The molecule has 1 saturated heterocycles. The molecular formula is C15H23Br2N3. The van der Waals surface area contributed by atoms with E-state index in [4.69, 9.17) is 5.73 Å². The average molecular weight is 405 g/mol. The van der Waals surface area contributed by atoms with Crippen LogP contribution in [0.3, 0.4) is 0 Å². The van der Waals surface area contributed by atoms with E-state index < -0.39 is 0 Å². The Bertz CT molecular complexity index is 453. The van der Waals surface area contributed by atoms with E-state index in [2.05, 4.69) is 73.8 Å². The van der Waals surface area contributed by atoms with Crippen LogP contribution in [-0.4, -0.2) is 49.1 Å². The van der Waals surface area contributed by atoms with Gasteiger partial charge in [0.05, 0.1) is 0 Å². The van der Waals surface area contributed by atoms with Crippen molar-refractivity contribution in [2.45, 2.75) is 25.4 Å². The predicted octanol–water partition coefficient (Wildman–Crippen LogP) is 3.24. The molecule has 0 aliphatic carbocycles. The van der Waals surface area contributed by atoms with Crippen molar-refractivity contribution in [3.05, 3.63) is 32.7 Å². The van der Waals surface area contributed by atoms with Gasteiger partial charge in [0, 0.05) is 40.7 Å². The molecule has 0 bridgehead atoms. The van der Waals surface area contributed by atoms with Crippen molar-refractivity contribution in [3.8, 4) is 0 Å². The number of benzene rings is 1. The van der Waals surface area contributed by atoms with E-state index in [1.165, 1.54) is 18.5 Å². The lowest BCUT2D eigenvalue weighted by Gasteiger charge is -2.35. The summed E-state index contributed by atoms with van der Waals surface area (Å²) >= 11 is 7.12. The van der Waals surface area contributed by atoms with Crippen LogP contribution in [0.25, 0.3) is 0 Å². The molecule has 112 valence electrons. The molecule has 1 aromatic carbocycles. The largest absolute Gasteiger partial charge is 0.329 e. The summed E-state index contributed by atoms with van der Waals surface area (Å²) in [6.07, 6.45) is 1.20. The molecule has 0 aromatic heterocycles. The van der Waals surface area contributed by atoms with Crippen LogP contribution in [0.5, 0.6) is 0 Å². The number of rotatable bonds is 3. The molecular weight excluding hydrogens is 382 g/mol. The Kier molecular flexibility index (Phi) is 6.05. The van der Waals surface area contributed by atoms with Crippen molar-refractivity contribution in [3.63, 3.8) is 0 Å². The number of hydrogen-bond donors (Lipinski definition) is 1. The fourth-order valence-electron chi connectivity index (χ4n) is 3.04. The van der Waals surface area contributed by atoms with E-state index >= 15 is 0 Å². The minimum absolute atomic E-state index is 0.292. The van der Waals surface area contributed by atoms with Crippen molar-refractivity contribution in [1.82, 2.24) is 9.80 Å². The van der Waals surface area contributed by atoms with Gasteiger partial charge in [0.25, 0.3) is 0 Å². The number of hydrogen-bond acceptors (Lipinski definition) is 3. The van der Waals surface area contributed by atoms with Crippen LogP contribution in [0, 0.1) is 0 Å². The third-order valence-electron chi connectivity index (χ3n) is 4.05. The van der Waals surface area contributed by atoms with Gasteiger partial charge in [-0.3, -0.25) is 4.90 Å². The predicted molar refractivity (Wildman–Crippen MR) is 91.9 cm³/mol. The summed E-state index contributed by atoms with van der Waals surface area (Å²) in [4.78, 5) is 4.97. The molecule has 1 fully saturated rings. The Hall–Kier alpha value is 0.0600. The molecule has 0 amide bonds. The number of nitrogens with zero attached hydrogens (tertiary/aromatic N) is 2. The summed E-state index contributed by atoms with van der Waals surface area (Å²) in [6, 6.07) is 7.27. The van der Waals surface area contributed by atoms with Crippen molar-refractivity contribution in [2.75, 3.05) is 33.2 Å². The Morgan fingerprint density at radius 3 is 2.70 bits per heavy atom. The molecule has 0 spiro atoms. The first-order chi connectivity index (χ1) is 9.52. The van der Waals surface area contributed by atoms with Crippen molar-refractivity contribution in [2.24, 2.45) is 5.73 Å². The summed E-state index contributed by atoms with van der Waals surface area (Å²) in [6.45, 7) is 6.35. The van der Waals surface area contributed by atoms with Crippen LogP contribution in [0.2, 0.25) is 0 Å². The Labute approximate surface area is 138 Å². The molecule has 1 aliphatic heterocycles. The summed E-state index contributed by atoms with van der Waals surface area (Å²) < 4.78 is 2.17. The van der Waals surface area contributed by atoms with E-state index in [1.807, 2.05) is 0 Å². The monoisotopic (exact) mass is 403 g/mol. The Balaban J connectivity index is 2.23. The smallest absolute Gasteiger partial charge is 0.0474 e. The molecule has 3 nitrogen and oxygen atoms in total. The molecule has 1 aliphatic rings. The minimum atomic E-state index is 0.292. The zero-order chi connectivity index (χ0) is 14.7. The van der Waals surface area contributed by atoms with Gasteiger partial charge in [0.1, 0.15) is 0 Å². The van der Waals surface area contributed by atoms with Gasteiger partial charge >= 0.3 is 0 Å². The van der Waals surface area contributed by atoms with Gasteiger partial charge < -0.3 is 10.6 Å². The lowest BCUT2D eigenvalue weighted by atomic mass is 10.0. The molecule has 0 radical (unpaired) electrons. The van der Waals surface area contributed by atoms with Crippen LogP contribution in [0.4, 0.5) is 0 Å². The fourth-order valence-corrected chi connectivity index (χ4v) is 3.68. The summed E-state index contributed by atoms with van der Waals surface area (Å²) in [5.74, 6) is 0. The highest BCUT2D eigenvalue weighted by Gasteiger charge is 2.27. The normalized spacial score (nSPS) is 23.6. The molecule has 5 heteroatoms. The molecule has 2 rings (SSSR count). The quantitative estimate of drug-likeness (QED) is 0.839. The van der Waals surface area contributed by atoms with E-state index in [1.54, 1.807) is 0 Å². The fraction of sp³-hybridized carbons (Fsp3) is 0.600. The van der Waals surface area contributed by atoms with E-state index in [-0.39, 0.29) is 0 Å². The number of nitrogens with two attached hydrogens (primary N) is 1. The first kappa shape index (κ1) is 16.4. The second kappa shape index (κ2) is 7.36. The van der Waals surface area contributed by atoms with Gasteiger partial charge in [-0.2, -0.15) is 0 Å². The minimum Gasteiger partial charge on any atom is -0.329 e. The first-order valence-corrected chi connectivity index (χ1v) is 8.71. The second-order valence-electron chi connectivity index (χ2n) is 5.63. The van der Waals surface area contributed by atoms with Gasteiger partial charge in [0.2, 0.25) is 0 Å². The topological polar surface area (TPSA) is 32.5 Å². The molecule has 1 aromatic rings. The maximum Gasteiger partial charge on any atom is 0.0474 e. The molecule has 1 heterocycles. The average Bonchev–Trinajstić information content (AvgIpc) is 2.56. The first-order valence-electron chi connectivity index (χ1n) is 7.12. The van der Waals surface area contributed by atoms with Gasteiger partial charge in [-0.1, -0.05) is 6.07 Å². The van der Waals surface area contributed by atoms with Gasteiger partial charge in [-0.25, -0.2) is 0 Å². The highest BCUT2D eigenvalue weighted by molar-refractivity contribution is 9.13. The van der Waals surface area contributed by atoms with E-state index in [9.17, 15) is 0 Å². The van der Waals surface area contributed by atoms with Crippen molar-refractivity contribution < 1.29 is 0 Å². The van der Waals surface area contributed by atoms with Crippen LogP contribution in [-0.2, 0) is 0 Å². The van der Waals surface area contributed by atoms with Gasteiger partial charge in [-0.05, 0) is 76.5 Å². The van der Waals surface area contributed by atoms with Crippen LogP contribution in [0.1, 0.15) is 24.9 Å². The summed E-state index contributed by atoms with van der Waals surface area (Å²) in [7, 11) is 2.20. The maximum absolute atomic E-state index is 6.09.